The van der Waals surface area contributed by atoms with Gasteiger partial charge in [0.1, 0.15) is 6.29 Å². The molecule has 0 spiro atoms. The highest BCUT2D eigenvalue weighted by Crippen LogP contribution is 2.37. The molecule has 1 aromatic rings. The Labute approximate surface area is 121 Å². The molecule has 0 radical (unpaired) electrons. The fourth-order valence-corrected chi connectivity index (χ4v) is 4.32. The van der Waals surface area contributed by atoms with E-state index in [-0.39, 0.29) is 0 Å². The maximum absolute atomic E-state index is 10.5. The van der Waals surface area contributed by atoms with Crippen molar-refractivity contribution in [1.82, 2.24) is 0 Å². The van der Waals surface area contributed by atoms with Gasteiger partial charge in [0.15, 0.2) is 0 Å². The number of hydrogen-bond donors (Lipinski definition) is 0. The van der Waals surface area contributed by atoms with E-state index < -0.39 is 0 Å². The summed E-state index contributed by atoms with van der Waals surface area (Å²) < 4.78 is 0. The molecule has 1 nitrogen and oxygen atoms in total. The van der Waals surface area contributed by atoms with E-state index in [1.165, 1.54) is 74.6 Å². The average molecular weight is 278 g/mol. The summed E-state index contributed by atoms with van der Waals surface area (Å²) in [5.74, 6) is 0.749. The van der Waals surface area contributed by atoms with Crippen molar-refractivity contribution in [2.45, 2.75) is 76.5 Å². The third-order valence-electron chi connectivity index (χ3n) is 4.31. The Morgan fingerprint density at radius 3 is 2.16 bits per heavy atom. The summed E-state index contributed by atoms with van der Waals surface area (Å²) in [6.45, 7) is 0. The van der Waals surface area contributed by atoms with E-state index in [2.05, 4.69) is 11.4 Å². The average Bonchev–Trinajstić information content (AvgIpc) is 3.15. The number of carbonyl (C=O) groups excluding carboxylic acids is 1. The highest BCUT2D eigenvalue weighted by molar-refractivity contribution is 7.10. The van der Waals surface area contributed by atoms with Crippen LogP contribution in [-0.4, -0.2) is 6.29 Å². The number of carbonyl (C=O) groups is 1. The topological polar surface area (TPSA) is 17.1 Å². The molecule has 0 aliphatic heterocycles. The lowest BCUT2D eigenvalue weighted by molar-refractivity contribution is -0.107. The second-order valence-electron chi connectivity index (χ2n) is 5.78. The quantitative estimate of drug-likeness (QED) is 0.668. The van der Waals surface area contributed by atoms with E-state index in [9.17, 15) is 4.79 Å². The normalized spacial score (nSPS) is 19.8. The molecule has 2 aliphatic rings. The largest absolute Gasteiger partial charge is 0.303 e. The van der Waals surface area contributed by atoms with Gasteiger partial charge in [0.05, 0.1) is 0 Å². The molecule has 0 atom stereocenters. The van der Waals surface area contributed by atoms with Crippen LogP contribution in [-0.2, 0) is 11.2 Å². The molecule has 0 saturated heterocycles. The minimum Gasteiger partial charge on any atom is -0.303 e. The van der Waals surface area contributed by atoms with Crippen LogP contribution in [0.15, 0.2) is 11.4 Å². The minimum atomic E-state index is 0.606. The first kappa shape index (κ1) is 14.8. The van der Waals surface area contributed by atoms with Crippen LogP contribution in [0.5, 0.6) is 0 Å². The molecular weight excluding hydrogens is 252 g/mol. The molecule has 1 aromatic heterocycles. The molecule has 2 saturated carbocycles. The van der Waals surface area contributed by atoms with Crippen LogP contribution < -0.4 is 0 Å². The first-order chi connectivity index (χ1) is 9.42. The molecule has 0 unspecified atom stereocenters. The molecule has 2 fully saturated rings. The lowest BCUT2D eigenvalue weighted by atomic mass is 9.86. The Morgan fingerprint density at radius 2 is 1.58 bits per heavy atom. The second kappa shape index (κ2) is 8.52. The summed E-state index contributed by atoms with van der Waals surface area (Å²) in [6, 6.07) is 2.11. The zero-order chi connectivity index (χ0) is 13.3. The first-order valence-electron chi connectivity index (χ1n) is 7.91. The Morgan fingerprint density at radius 1 is 1.00 bits per heavy atom. The van der Waals surface area contributed by atoms with Crippen LogP contribution in [0.1, 0.15) is 80.6 Å². The van der Waals surface area contributed by atoms with Gasteiger partial charge in [-0.2, -0.15) is 0 Å². The Hall–Kier alpha value is -0.630. The summed E-state index contributed by atoms with van der Waals surface area (Å²) in [4.78, 5) is 12.0. The van der Waals surface area contributed by atoms with Crippen LogP contribution in [0.3, 0.4) is 0 Å². The van der Waals surface area contributed by atoms with Gasteiger partial charge in [0.25, 0.3) is 0 Å². The number of aldehydes is 1. The van der Waals surface area contributed by atoms with Gasteiger partial charge in [-0.1, -0.05) is 51.4 Å². The first-order valence-corrected chi connectivity index (χ1v) is 8.79. The predicted molar refractivity (Wildman–Crippen MR) is 83.0 cm³/mol. The van der Waals surface area contributed by atoms with Crippen molar-refractivity contribution < 1.29 is 4.79 Å². The van der Waals surface area contributed by atoms with Crippen molar-refractivity contribution in [2.75, 3.05) is 0 Å². The Balaban J connectivity index is 0.000000224. The molecule has 19 heavy (non-hydrogen) atoms. The van der Waals surface area contributed by atoms with Gasteiger partial charge < -0.3 is 4.79 Å². The number of thiophene rings is 1. The number of rotatable bonds is 3. The van der Waals surface area contributed by atoms with E-state index in [0.29, 0.717) is 6.42 Å². The fraction of sp³-hybridized carbons (Fsp3) is 0.706. The van der Waals surface area contributed by atoms with Gasteiger partial charge in [-0.05, 0) is 35.8 Å². The van der Waals surface area contributed by atoms with Crippen molar-refractivity contribution in [3.63, 3.8) is 0 Å². The molecule has 2 aliphatic carbocycles. The molecule has 2 heteroatoms. The molecule has 1 heterocycles. The fourth-order valence-electron chi connectivity index (χ4n) is 3.21. The van der Waals surface area contributed by atoms with Crippen molar-refractivity contribution in [3.05, 3.63) is 21.9 Å². The molecule has 0 amide bonds. The molecular formula is C17H26OS. The van der Waals surface area contributed by atoms with Gasteiger partial charge in [0.2, 0.25) is 0 Å². The lowest BCUT2D eigenvalue weighted by Gasteiger charge is -2.21. The summed E-state index contributed by atoms with van der Waals surface area (Å²) in [6.07, 6.45) is 15.9. The lowest BCUT2D eigenvalue weighted by Crippen LogP contribution is -2.05. The predicted octanol–water partition coefficient (Wildman–Crippen LogP) is 5.49. The Bertz CT molecular complexity index is 351. The summed E-state index contributed by atoms with van der Waals surface area (Å²) in [5.41, 5.74) is 1.27. The number of hydrogen-bond acceptors (Lipinski definition) is 2. The van der Waals surface area contributed by atoms with Gasteiger partial charge in [-0.15, -0.1) is 11.3 Å². The maximum Gasteiger partial charge on any atom is 0.124 e. The smallest absolute Gasteiger partial charge is 0.124 e. The second-order valence-corrected chi connectivity index (χ2v) is 6.73. The van der Waals surface area contributed by atoms with Crippen LogP contribution in [0.25, 0.3) is 0 Å². The monoisotopic (exact) mass is 278 g/mol. The standard InChI is InChI=1S/C12H16OS.C5H10/c13-8-6-11-7-9-14-12(11)10-4-2-1-3-5-10;1-2-4-5-3-1/h7-10H,1-6H2;1-5H2. The maximum atomic E-state index is 10.5. The van der Waals surface area contributed by atoms with Crippen molar-refractivity contribution >= 4 is 17.6 Å². The molecule has 0 aromatic carbocycles. The zero-order valence-corrected chi connectivity index (χ0v) is 12.7. The van der Waals surface area contributed by atoms with Gasteiger partial charge in [-0.25, -0.2) is 0 Å². The highest BCUT2D eigenvalue weighted by Gasteiger charge is 2.19. The van der Waals surface area contributed by atoms with E-state index in [1.807, 2.05) is 11.3 Å². The molecule has 3 rings (SSSR count). The van der Waals surface area contributed by atoms with Crippen LogP contribution in [0.2, 0.25) is 0 Å². The van der Waals surface area contributed by atoms with Gasteiger partial charge >= 0.3 is 0 Å². The van der Waals surface area contributed by atoms with E-state index in [4.69, 9.17) is 0 Å². The van der Waals surface area contributed by atoms with Gasteiger partial charge in [0, 0.05) is 11.3 Å². The summed E-state index contributed by atoms with van der Waals surface area (Å²) in [7, 11) is 0. The highest BCUT2D eigenvalue weighted by atomic mass is 32.1. The Kier molecular flexibility index (Phi) is 6.63. The van der Waals surface area contributed by atoms with Crippen LogP contribution in [0.4, 0.5) is 0 Å². The van der Waals surface area contributed by atoms with Crippen LogP contribution in [0, 0.1) is 0 Å². The third-order valence-corrected chi connectivity index (χ3v) is 5.43. The third kappa shape index (κ3) is 4.76. The molecule has 106 valence electrons. The van der Waals surface area contributed by atoms with Crippen molar-refractivity contribution in [2.24, 2.45) is 0 Å². The van der Waals surface area contributed by atoms with E-state index in [1.54, 1.807) is 0 Å². The minimum absolute atomic E-state index is 0.606. The van der Waals surface area contributed by atoms with Crippen molar-refractivity contribution in [3.8, 4) is 0 Å². The van der Waals surface area contributed by atoms with Crippen LogP contribution >= 0.6 is 11.3 Å². The molecule has 0 bridgehead atoms. The SMILES string of the molecule is C1CCCC1.O=CCc1ccsc1C1CCCCC1. The summed E-state index contributed by atoms with van der Waals surface area (Å²) >= 11 is 1.84. The summed E-state index contributed by atoms with van der Waals surface area (Å²) in [5, 5.41) is 2.13. The van der Waals surface area contributed by atoms with Gasteiger partial charge in [-0.3, -0.25) is 0 Å². The van der Waals surface area contributed by atoms with E-state index in [0.717, 1.165) is 12.2 Å². The molecule has 0 N–H and O–H groups in total. The zero-order valence-electron chi connectivity index (χ0n) is 11.9. The van der Waals surface area contributed by atoms with Crippen molar-refractivity contribution in [1.29, 1.82) is 0 Å². The van der Waals surface area contributed by atoms with E-state index >= 15 is 0 Å².